The lowest BCUT2D eigenvalue weighted by Crippen LogP contribution is -2.30. The molecule has 0 heterocycles. The van der Waals surface area contributed by atoms with Gasteiger partial charge in [-0.15, -0.1) is 0 Å². The fraction of sp³-hybridized carbons (Fsp3) is 0.429. The monoisotopic (exact) mass is 245 g/mol. The summed E-state index contributed by atoms with van der Waals surface area (Å²) in [5.74, 6) is 0.0932. The second kappa shape index (κ2) is 7.46. The summed E-state index contributed by atoms with van der Waals surface area (Å²) in [6.07, 6.45) is 1.17. The number of carbonyl (C=O) groups excluding carboxylic acids is 1. The number of benzene rings is 1. The van der Waals surface area contributed by atoms with Gasteiger partial charge in [-0.3, -0.25) is 4.79 Å². The van der Waals surface area contributed by atoms with Crippen molar-refractivity contribution in [3.05, 3.63) is 35.4 Å². The van der Waals surface area contributed by atoms with Gasteiger partial charge in [0.25, 0.3) is 0 Å². The lowest BCUT2D eigenvalue weighted by atomic mass is 10.1. The molecule has 4 nitrogen and oxygen atoms in total. The highest BCUT2D eigenvalue weighted by Crippen LogP contribution is 2.11. The van der Waals surface area contributed by atoms with Crippen molar-refractivity contribution in [3.8, 4) is 6.07 Å². The molecule has 0 spiro atoms. The number of amides is 1. The Labute approximate surface area is 108 Å². The van der Waals surface area contributed by atoms with Gasteiger partial charge < -0.3 is 10.6 Å². The molecule has 1 aromatic carbocycles. The first-order valence-electron chi connectivity index (χ1n) is 6.18. The molecule has 0 saturated carbocycles. The van der Waals surface area contributed by atoms with Gasteiger partial charge in [0.15, 0.2) is 0 Å². The predicted molar refractivity (Wildman–Crippen MR) is 70.5 cm³/mol. The zero-order chi connectivity index (χ0) is 13.4. The van der Waals surface area contributed by atoms with Crippen LogP contribution in [0.4, 0.5) is 0 Å². The highest BCUT2D eigenvalue weighted by molar-refractivity contribution is 5.76. The largest absolute Gasteiger partial charge is 0.339 e. The number of nitrogens with zero attached hydrogens (tertiary/aromatic N) is 2. The Balaban J connectivity index is 2.74. The molecule has 18 heavy (non-hydrogen) atoms. The predicted octanol–water partition coefficient (Wildman–Crippen LogP) is 1.65. The van der Waals surface area contributed by atoms with Crippen LogP contribution in [-0.2, 0) is 11.3 Å². The molecule has 0 atom stereocenters. The van der Waals surface area contributed by atoms with Crippen LogP contribution in [0.15, 0.2) is 24.3 Å². The average Bonchev–Trinajstić information content (AvgIpc) is 2.42. The third-order valence-corrected chi connectivity index (χ3v) is 2.83. The van der Waals surface area contributed by atoms with Crippen LogP contribution in [-0.4, -0.2) is 23.9 Å². The van der Waals surface area contributed by atoms with Crippen molar-refractivity contribution < 1.29 is 4.79 Å². The van der Waals surface area contributed by atoms with E-state index < -0.39 is 0 Å². The van der Waals surface area contributed by atoms with Crippen LogP contribution in [0.5, 0.6) is 0 Å². The molecule has 0 aliphatic rings. The van der Waals surface area contributed by atoms with Gasteiger partial charge in [0.05, 0.1) is 11.6 Å². The second-order valence-electron chi connectivity index (χ2n) is 4.07. The fourth-order valence-electron chi connectivity index (χ4n) is 1.76. The first-order chi connectivity index (χ1) is 8.72. The van der Waals surface area contributed by atoms with Gasteiger partial charge in [-0.25, -0.2) is 0 Å². The molecule has 1 rings (SSSR count). The maximum absolute atomic E-state index is 11.9. The first kappa shape index (κ1) is 14.2. The Kier molecular flexibility index (Phi) is 5.89. The van der Waals surface area contributed by atoms with Crippen molar-refractivity contribution in [1.82, 2.24) is 4.90 Å². The van der Waals surface area contributed by atoms with E-state index in [2.05, 4.69) is 6.07 Å². The van der Waals surface area contributed by atoms with Crippen molar-refractivity contribution in [2.75, 3.05) is 13.1 Å². The Hall–Kier alpha value is -1.86. The maximum atomic E-state index is 11.9. The summed E-state index contributed by atoms with van der Waals surface area (Å²) in [5, 5.41) is 9.01. The molecule has 0 bridgehead atoms. The quantitative estimate of drug-likeness (QED) is 0.828. The minimum Gasteiger partial charge on any atom is -0.339 e. The highest BCUT2D eigenvalue weighted by atomic mass is 16.2. The van der Waals surface area contributed by atoms with Gasteiger partial charge >= 0.3 is 0 Å². The van der Waals surface area contributed by atoms with Crippen LogP contribution >= 0.6 is 0 Å². The topological polar surface area (TPSA) is 70.1 Å². The van der Waals surface area contributed by atoms with Crippen LogP contribution in [0.3, 0.4) is 0 Å². The molecule has 0 aliphatic carbocycles. The smallest absolute Gasteiger partial charge is 0.222 e. The van der Waals surface area contributed by atoms with Crippen LogP contribution in [0.25, 0.3) is 0 Å². The van der Waals surface area contributed by atoms with E-state index in [0.717, 1.165) is 5.56 Å². The molecule has 0 unspecified atom stereocenters. The number of hydrogen-bond acceptors (Lipinski definition) is 3. The van der Waals surface area contributed by atoms with Gasteiger partial charge in [-0.05, 0) is 31.5 Å². The van der Waals surface area contributed by atoms with Crippen molar-refractivity contribution in [2.45, 2.75) is 26.3 Å². The lowest BCUT2D eigenvalue weighted by Gasteiger charge is -2.21. The summed E-state index contributed by atoms with van der Waals surface area (Å²) in [7, 11) is 0. The summed E-state index contributed by atoms with van der Waals surface area (Å²) >= 11 is 0. The molecule has 1 aromatic rings. The van der Waals surface area contributed by atoms with Crippen molar-refractivity contribution in [3.63, 3.8) is 0 Å². The summed E-state index contributed by atoms with van der Waals surface area (Å²) in [4.78, 5) is 13.7. The standard InChI is InChI=1S/C14H19N3O/c1-2-17(14(18)8-5-9-15)11-13-7-4-3-6-12(13)10-16/h3-4,6-7H,2,5,8-9,11,15H2,1H3. The molecule has 4 heteroatoms. The Morgan fingerprint density at radius 3 is 2.78 bits per heavy atom. The van der Waals surface area contributed by atoms with Crippen LogP contribution in [0.1, 0.15) is 30.9 Å². The molecular formula is C14H19N3O. The Morgan fingerprint density at radius 2 is 2.17 bits per heavy atom. The van der Waals surface area contributed by atoms with E-state index in [1.165, 1.54) is 0 Å². The third kappa shape index (κ3) is 3.86. The van der Waals surface area contributed by atoms with E-state index in [1.807, 2.05) is 25.1 Å². The van der Waals surface area contributed by atoms with E-state index in [4.69, 9.17) is 11.0 Å². The van der Waals surface area contributed by atoms with Crippen LogP contribution in [0, 0.1) is 11.3 Å². The zero-order valence-electron chi connectivity index (χ0n) is 10.7. The van der Waals surface area contributed by atoms with Gasteiger partial charge in [-0.1, -0.05) is 18.2 Å². The van der Waals surface area contributed by atoms with E-state index in [9.17, 15) is 4.79 Å². The second-order valence-corrected chi connectivity index (χ2v) is 4.07. The molecule has 0 aromatic heterocycles. The van der Waals surface area contributed by atoms with Crippen molar-refractivity contribution >= 4 is 5.91 Å². The fourth-order valence-corrected chi connectivity index (χ4v) is 1.76. The van der Waals surface area contributed by atoms with Crippen LogP contribution in [0.2, 0.25) is 0 Å². The number of carbonyl (C=O) groups is 1. The molecule has 2 N–H and O–H groups in total. The van der Waals surface area contributed by atoms with Gasteiger partial charge in [-0.2, -0.15) is 5.26 Å². The van der Waals surface area contributed by atoms with E-state index in [-0.39, 0.29) is 5.91 Å². The molecule has 0 aliphatic heterocycles. The maximum Gasteiger partial charge on any atom is 0.222 e. The molecule has 96 valence electrons. The summed E-state index contributed by atoms with van der Waals surface area (Å²) in [6.45, 7) is 3.60. The van der Waals surface area contributed by atoms with E-state index >= 15 is 0 Å². The van der Waals surface area contributed by atoms with E-state index in [0.29, 0.717) is 38.0 Å². The highest BCUT2D eigenvalue weighted by Gasteiger charge is 2.13. The average molecular weight is 245 g/mol. The number of rotatable bonds is 6. The van der Waals surface area contributed by atoms with Crippen molar-refractivity contribution in [2.24, 2.45) is 5.73 Å². The molecule has 0 fully saturated rings. The number of hydrogen-bond donors (Lipinski definition) is 1. The molecule has 1 amide bonds. The SMILES string of the molecule is CCN(Cc1ccccc1C#N)C(=O)CCCN. The Bertz CT molecular complexity index is 437. The van der Waals surface area contributed by atoms with Crippen molar-refractivity contribution in [1.29, 1.82) is 5.26 Å². The van der Waals surface area contributed by atoms with Gasteiger partial charge in [0.2, 0.25) is 5.91 Å². The van der Waals surface area contributed by atoms with Gasteiger partial charge in [0, 0.05) is 19.5 Å². The summed E-state index contributed by atoms with van der Waals surface area (Å²) in [6, 6.07) is 9.52. The number of nitrogens with two attached hydrogens (primary N) is 1. The third-order valence-electron chi connectivity index (χ3n) is 2.83. The molecule has 0 radical (unpaired) electrons. The van der Waals surface area contributed by atoms with Gasteiger partial charge in [0.1, 0.15) is 0 Å². The summed E-state index contributed by atoms with van der Waals surface area (Å²) in [5.41, 5.74) is 6.92. The lowest BCUT2D eigenvalue weighted by molar-refractivity contribution is -0.131. The van der Waals surface area contributed by atoms with E-state index in [1.54, 1.807) is 11.0 Å². The summed E-state index contributed by atoms with van der Waals surface area (Å²) < 4.78 is 0. The minimum atomic E-state index is 0.0932. The molecule has 0 saturated heterocycles. The Morgan fingerprint density at radius 1 is 1.44 bits per heavy atom. The molecular weight excluding hydrogens is 226 g/mol. The number of nitriles is 1. The first-order valence-corrected chi connectivity index (χ1v) is 6.18. The minimum absolute atomic E-state index is 0.0932. The normalized spacial score (nSPS) is 9.83. The zero-order valence-corrected chi connectivity index (χ0v) is 10.7. The van der Waals surface area contributed by atoms with Crippen LogP contribution < -0.4 is 5.73 Å².